The third-order valence-electron chi connectivity index (χ3n) is 9.16. The van der Waals surface area contributed by atoms with Crippen molar-refractivity contribution in [3.63, 3.8) is 0 Å². The summed E-state index contributed by atoms with van der Waals surface area (Å²) in [6.45, 7) is 2.69. The van der Waals surface area contributed by atoms with E-state index in [1.807, 2.05) is 49.3 Å². The number of likely N-dealkylation sites (tertiary alicyclic amines) is 1. The first kappa shape index (κ1) is 37.3. The van der Waals surface area contributed by atoms with E-state index in [2.05, 4.69) is 5.32 Å². The number of hydrogen-bond acceptors (Lipinski definition) is 7. The van der Waals surface area contributed by atoms with Crippen LogP contribution in [0.25, 0.3) is 5.57 Å². The van der Waals surface area contributed by atoms with Gasteiger partial charge >= 0.3 is 0 Å². The van der Waals surface area contributed by atoms with E-state index in [0.29, 0.717) is 29.7 Å². The molecule has 6 rings (SSSR count). The van der Waals surface area contributed by atoms with Crippen molar-refractivity contribution < 1.29 is 27.8 Å². The molecule has 8 nitrogen and oxygen atoms in total. The van der Waals surface area contributed by atoms with Crippen LogP contribution in [-0.2, 0) is 20.7 Å². The van der Waals surface area contributed by atoms with Crippen molar-refractivity contribution in [3.05, 3.63) is 87.4 Å². The number of carbonyl (C=O) groups is 1. The molecule has 0 aromatic heterocycles. The van der Waals surface area contributed by atoms with Gasteiger partial charge in [0.1, 0.15) is 29.5 Å². The van der Waals surface area contributed by atoms with Gasteiger partial charge in [-0.15, -0.1) is 0 Å². The lowest BCUT2D eigenvalue weighted by atomic mass is 9.84. The number of nitrogens with one attached hydrogen (secondary N) is 1. The molecule has 2 fully saturated rings. The Morgan fingerprint density at radius 1 is 1.17 bits per heavy atom. The maximum atomic E-state index is 15.5. The fourth-order valence-corrected chi connectivity index (χ4v) is 6.96. The molecule has 2 aromatic carbocycles. The predicted molar refractivity (Wildman–Crippen MR) is 185 cm³/mol. The lowest BCUT2D eigenvalue weighted by Gasteiger charge is -2.41. The minimum Gasteiger partial charge on any atom is -0.485 e. The lowest BCUT2D eigenvalue weighted by molar-refractivity contribution is -0.143. The predicted octanol–water partition coefficient (Wildman–Crippen LogP) is 5.72. The number of benzene rings is 2. The van der Waals surface area contributed by atoms with Crippen molar-refractivity contribution in [1.29, 1.82) is 0 Å². The second-order valence-corrected chi connectivity index (χ2v) is 12.9. The second-order valence-electron chi connectivity index (χ2n) is 12.6. The summed E-state index contributed by atoms with van der Waals surface area (Å²) in [6.07, 6.45) is 7.36. The Labute approximate surface area is 287 Å². The maximum Gasteiger partial charge on any atom is 0.225 e. The Kier molecular flexibility index (Phi) is 13.8. The molecule has 3 unspecified atom stereocenters. The van der Waals surface area contributed by atoms with E-state index >= 15 is 4.39 Å². The van der Waals surface area contributed by atoms with Crippen molar-refractivity contribution in [1.82, 2.24) is 10.2 Å². The second kappa shape index (κ2) is 17.7. The van der Waals surface area contributed by atoms with Crippen LogP contribution in [0.5, 0.6) is 5.75 Å². The Morgan fingerprint density at radius 3 is 2.44 bits per heavy atom. The zero-order valence-corrected chi connectivity index (χ0v) is 28.7. The van der Waals surface area contributed by atoms with E-state index in [9.17, 15) is 14.0 Å². The van der Waals surface area contributed by atoms with Crippen molar-refractivity contribution in [2.75, 3.05) is 40.8 Å². The summed E-state index contributed by atoms with van der Waals surface area (Å²) in [7, 11) is 5.11. The number of methoxy groups -OCH3 is 1. The molecule has 0 radical (unpaired) electrons. The van der Waals surface area contributed by atoms with Crippen LogP contribution in [0.4, 0.5) is 8.78 Å². The van der Waals surface area contributed by atoms with E-state index in [0.717, 1.165) is 44.5 Å². The van der Waals surface area contributed by atoms with Crippen molar-refractivity contribution in [2.45, 2.75) is 63.3 Å². The number of allylic oxidation sites excluding steroid dienone is 1. The van der Waals surface area contributed by atoms with E-state index in [1.165, 1.54) is 44.6 Å². The number of amides is 1. The summed E-state index contributed by atoms with van der Waals surface area (Å²) in [5.74, 6) is 2.55. The molecule has 0 spiro atoms. The normalized spacial score (nSPS) is 21.9. The fourth-order valence-electron chi connectivity index (χ4n) is 6.69. The van der Waals surface area contributed by atoms with Gasteiger partial charge in [-0.3, -0.25) is 4.79 Å². The van der Waals surface area contributed by atoms with Crippen LogP contribution in [0.3, 0.4) is 0 Å². The molecule has 2 aromatic rings. The third-order valence-corrected chi connectivity index (χ3v) is 9.53. The summed E-state index contributed by atoms with van der Waals surface area (Å²) in [5.41, 5.74) is 12.7. The summed E-state index contributed by atoms with van der Waals surface area (Å²) in [4.78, 5) is 25.3. The number of carbonyl (C=O) groups excluding carboxylic acids is 2. The summed E-state index contributed by atoms with van der Waals surface area (Å²) >= 11 is 6.33. The molecule has 260 valence electrons. The topological polar surface area (TPSA) is 120 Å². The van der Waals surface area contributed by atoms with Crippen LogP contribution in [0, 0.1) is 17.7 Å². The molecule has 3 atom stereocenters. The SMILES string of the molecule is CNC.COC1C=CC(C(N)=C=O)=C(c2c(Cl)c(F)cc3c2CC(c2ccccc2)O3)C1F.NCCC1CN(C(=O)C2CCCCC2)C1. The minimum absolute atomic E-state index is 0.0109. The van der Waals surface area contributed by atoms with Gasteiger partial charge in [0.05, 0.1) is 5.02 Å². The van der Waals surface area contributed by atoms with Crippen molar-refractivity contribution in [2.24, 2.45) is 23.3 Å². The first-order valence-electron chi connectivity index (χ1n) is 16.6. The molecule has 1 saturated carbocycles. The molecule has 4 aliphatic rings. The maximum absolute atomic E-state index is 15.5. The fraction of sp³-hybridized carbons (Fsp3) is 0.486. The molecular weight excluding hydrogens is 638 g/mol. The molecule has 2 heterocycles. The Balaban J connectivity index is 0.000000241. The number of halogens is 3. The molecule has 48 heavy (non-hydrogen) atoms. The molecular formula is C37H47ClF2N4O4. The van der Waals surface area contributed by atoms with Gasteiger partial charge in [-0.2, -0.15) is 0 Å². The first-order chi connectivity index (χ1) is 23.2. The van der Waals surface area contributed by atoms with Crippen LogP contribution in [-0.4, -0.2) is 69.9 Å². The van der Waals surface area contributed by atoms with Crippen molar-refractivity contribution in [3.8, 4) is 5.75 Å². The van der Waals surface area contributed by atoms with Gasteiger partial charge in [0, 0.05) is 60.9 Å². The highest BCUT2D eigenvalue weighted by molar-refractivity contribution is 6.33. The van der Waals surface area contributed by atoms with Gasteiger partial charge in [0.25, 0.3) is 0 Å². The third kappa shape index (κ3) is 8.54. The van der Waals surface area contributed by atoms with Crippen LogP contribution in [0.15, 0.2) is 59.8 Å². The molecule has 1 saturated heterocycles. The largest absolute Gasteiger partial charge is 0.485 e. The summed E-state index contributed by atoms with van der Waals surface area (Å²) in [5, 5.41) is 2.49. The molecule has 2 aliphatic carbocycles. The van der Waals surface area contributed by atoms with Crippen LogP contribution in [0.2, 0.25) is 5.02 Å². The first-order valence-corrected chi connectivity index (χ1v) is 17.0. The Hall–Kier alpha value is -3.53. The monoisotopic (exact) mass is 684 g/mol. The van der Waals surface area contributed by atoms with E-state index in [-0.39, 0.29) is 39.3 Å². The number of nitrogens with two attached hydrogens (primary N) is 2. The number of fused-ring (bicyclic) bond motifs is 1. The van der Waals surface area contributed by atoms with Crippen LogP contribution < -0.4 is 21.5 Å². The summed E-state index contributed by atoms with van der Waals surface area (Å²) in [6, 6.07) is 10.6. The number of hydrogen-bond donors (Lipinski definition) is 3. The zero-order chi connectivity index (χ0) is 34.8. The standard InChI is InChI=1S/C23H18ClF2NO3.C12H22N2O.C2H7N/c1-29-17-8-7-13(16(27)11-28)21(23(17)26)20-14-9-18(12-5-3-2-4-6-12)30-19(14)10-15(25)22(20)24;13-7-6-10-8-14(9-10)12(15)11-4-2-1-3-5-11;1-3-2/h2-8,10,17-18,23H,9,27H2,1H3;10-11H,1-9,13H2;3H,1-2H3. The van der Waals surface area contributed by atoms with Crippen LogP contribution in [0.1, 0.15) is 61.3 Å². The highest BCUT2D eigenvalue weighted by Gasteiger charge is 2.38. The molecule has 5 N–H and O–H groups in total. The van der Waals surface area contributed by atoms with Gasteiger partial charge in [-0.25, -0.2) is 13.6 Å². The highest BCUT2D eigenvalue weighted by Crippen LogP contribution is 2.48. The smallest absolute Gasteiger partial charge is 0.225 e. The number of rotatable bonds is 7. The van der Waals surface area contributed by atoms with Crippen LogP contribution >= 0.6 is 11.6 Å². The highest BCUT2D eigenvalue weighted by atomic mass is 35.5. The van der Waals surface area contributed by atoms with Gasteiger partial charge < -0.3 is 31.2 Å². The minimum atomic E-state index is -1.72. The van der Waals surface area contributed by atoms with E-state index in [4.69, 9.17) is 32.5 Å². The average Bonchev–Trinajstić information content (AvgIpc) is 3.51. The van der Waals surface area contributed by atoms with Gasteiger partial charge in [0.15, 0.2) is 12.1 Å². The van der Waals surface area contributed by atoms with Gasteiger partial charge in [0.2, 0.25) is 5.91 Å². The Bertz CT molecular complexity index is 1520. The average molecular weight is 685 g/mol. The number of alkyl halides is 1. The molecule has 2 aliphatic heterocycles. The zero-order valence-electron chi connectivity index (χ0n) is 27.9. The summed E-state index contributed by atoms with van der Waals surface area (Å²) < 4.78 is 41.4. The van der Waals surface area contributed by atoms with E-state index < -0.39 is 18.1 Å². The quantitative estimate of drug-likeness (QED) is 0.320. The Morgan fingerprint density at radius 2 is 1.83 bits per heavy atom. The molecule has 1 amide bonds. The number of nitrogens with zero attached hydrogens (tertiary/aromatic N) is 1. The van der Waals surface area contributed by atoms with Gasteiger partial charge in [-0.05, 0) is 51.4 Å². The van der Waals surface area contributed by atoms with E-state index in [1.54, 1.807) is 5.94 Å². The number of ether oxygens (including phenoxy) is 2. The molecule has 0 bridgehead atoms. The van der Waals surface area contributed by atoms with Gasteiger partial charge in [-0.1, -0.05) is 73.3 Å². The lowest BCUT2D eigenvalue weighted by Crippen LogP contribution is -2.52. The van der Waals surface area contributed by atoms with Crippen molar-refractivity contribution >= 4 is 29.0 Å². The molecule has 11 heteroatoms.